The predicted octanol–water partition coefficient (Wildman–Crippen LogP) is 1.80. The minimum absolute atomic E-state index is 0.0682. The number of anilines is 1. The van der Waals surface area contributed by atoms with Crippen LogP contribution in [0.1, 0.15) is 42.5 Å². The summed E-state index contributed by atoms with van der Waals surface area (Å²) in [6.07, 6.45) is 1.31. The Bertz CT molecular complexity index is 1620. The van der Waals surface area contributed by atoms with Crippen LogP contribution in [-0.2, 0) is 17.8 Å². The van der Waals surface area contributed by atoms with Crippen molar-refractivity contribution in [2.75, 3.05) is 18.5 Å². The summed E-state index contributed by atoms with van der Waals surface area (Å²) < 4.78 is 20.7. The van der Waals surface area contributed by atoms with Gasteiger partial charge in [0.05, 0.1) is 17.4 Å². The van der Waals surface area contributed by atoms with Gasteiger partial charge < -0.3 is 25.8 Å². The number of fused-ring (bicyclic) bond motifs is 2. The zero-order valence-electron chi connectivity index (χ0n) is 20.2. The van der Waals surface area contributed by atoms with E-state index < -0.39 is 23.6 Å². The Kier molecular flexibility index (Phi) is 6.87. The zero-order chi connectivity index (χ0) is 27.5. The van der Waals surface area contributed by atoms with Gasteiger partial charge in [-0.15, -0.1) is 0 Å². The van der Waals surface area contributed by atoms with Crippen molar-refractivity contribution < 1.29 is 33.4 Å². The van der Waals surface area contributed by atoms with Crippen molar-refractivity contribution in [3.8, 4) is 5.75 Å². The number of hydrogen-bond donors (Lipinski definition) is 4. The Morgan fingerprint density at radius 2 is 1.82 bits per heavy atom. The van der Waals surface area contributed by atoms with Gasteiger partial charge >= 0.3 is 5.97 Å². The first-order valence-electron chi connectivity index (χ1n) is 11.8. The summed E-state index contributed by atoms with van der Waals surface area (Å²) in [7, 11) is 0. The van der Waals surface area contributed by atoms with Crippen molar-refractivity contribution in [2.24, 2.45) is 0 Å². The Morgan fingerprint density at radius 3 is 2.59 bits per heavy atom. The van der Waals surface area contributed by atoms with Crippen molar-refractivity contribution in [1.82, 2.24) is 25.2 Å². The van der Waals surface area contributed by atoms with E-state index in [0.717, 1.165) is 16.3 Å². The number of ether oxygens (including phenoxy) is 1. The summed E-state index contributed by atoms with van der Waals surface area (Å²) in [5.41, 5.74) is 1.54. The molecule has 3 heterocycles. The number of nitrogens with zero attached hydrogens (tertiary/aromatic N) is 3. The van der Waals surface area contributed by atoms with E-state index in [1.807, 2.05) is 0 Å². The van der Waals surface area contributed by atoms with E-state index in [0.29, 0.717) is 23.4 Å². The van der Waals surface area contributed by atoms with Crippen molar-refractivity contribution in [3.05, 3.63) is 88.6 Å². The summed E-state index contributed by atoms with van der Waals surface area (Å²) in [5.74, 6) is -2.86. The van der Waals surface area contributed by atoms with Gasteiger partial charge in [0, 0.05) is 19.2 Å². The number of amides is 3. The van der Waals surface area contributed by atoms with E-state index in [-0.39, 0.29) is 48.2 Å². The van der Waals surface area contributed by atoms with Crippen LogP contribution in [0.4, 0.5) is 10.1 Å². The minimum atomic E-state index is -1.03. The first-order chi connectivity index (χ1) is 18.8. The molecule has 0 atom stereocenters. The molecule has 2 aromatic carbocycles. The van der Waals surface area contributed by atoms with Crippen LogP contribution in [0, 0.1) is 5.82 Å². The predicted molar refractivity (Wildman–Crippen MR) is 134 cm³/mol. The van der Waals surface area contributed by atoms with Crippen molar-refractivity contribution in [3.63, 3.8) is 0 Å². The number of carboxylic acids is 1. The number of carbonyl (C=O) groups excluding carboxylic acids is 3. The SMILES string of the molecule is O=C1COc2ccc(CNC(=O)c3cc(C(=O)NCCc4ccc(C(=O)O)cc4)n4ncc(F)c4n3)cc2N1. The molecule has 1 aliphatic heterocycles. The number of halogens is 1. The monoisotopic (exact) mass is 532 g/mol. The molecule has 0 saturated heterocycles. The number of aromatic nitrogens is 3. The normalized spacial score (nSPS) is 12.3. The number of aromatic carboxylic acids is 1. The average Bonchev–Trinajstić information content (AvgIpc) is 3.31. The highest BCUT2D eigenvalue weighted by atomic mass is 19.1. The molecule has 0 aliphatic carbocycles. The molecule has 198 valence electrons. The molecule has 13 heteroatoms. The van der Waals surface area contributed by atoms with E-state index >= 15 is 0 Å². The largest absolute Gasteiger partial charge is 0.482 e. The van der Waals surface area contributed by atoms with E-state index in [9.17, 15) is 23.6 Å². The second kappa shape index (κ2) is 10.6. The maximum Gasteiger partial charge on any atom is 0.335 e. The Balaban J connectivity index is 1.28. The fraction of sp³-hybridized carbons (Fsp3) is 0.154. The van der Waals surface area contributed by atoms with Gasteiger partial charge in [0.25, 0.3) is 17.7 Å². The maximum atomic E-state index is 14.3. The number of carbonyl (C=O) groups is 4. The second-order valence-corrected chi connectivity index (χ2v) is 8.61. The van der Waals surface area contributed by atoms with E-state index in [2.05, 4.69) is 26.0 Å². The fourth-order valence-electron chi connectivity index (χ4n) is 3.95. The highest BCUT2D eigenvalue weighted by molar-refractivity contribution is 5.98. The number of benzene rings is 2. The highest BCUT2D eigenvalue weighted by Gasteiger charge is 2.21. The summed E-state index contributed by atoms with van der Waals surface area (Å²) in [4.78, 5) is 52.4. The lowest BCUT2D eigenvalue weighted by Crippen LogP contribution is -2.30. The smallest absolute Gasteiger partial charge is 0.335 e. The topological polar surface area (TPSA) is 164 Å². The quantitative estimate of drug-likeness (QED) is 0.267. The number of nitrogens with one attached hydrogen (secondary N) is 3. The fourth-order valence-corrected chi connectivity index (χ4v) is 3.95. The first kappa shape index (κ1) is 25.3. The Hall–Kier alpha value is -5.33. The van der Waals surface area contributed by atoms with Crippen LogP contribution in [0.2, 0.25) is 0 Å². The van der Waals surface area contributed by atoms with E-state index in [1.54, 1.807) is 30.3 Å². The summed E-state index contributed by atoms with van der Waals surface area (Å²) in [6, 6.07) is 12.5. The molecule has 0 spiro atoms. The molecule has 0 bridgehead atoms. The third-order valence-electron chi connectivity index (χ3n) is 5.92. The summed E-state index contributed by atoms with van der Waals surface area (Å²) >= 11 is 0. The van der Waals surface area contributed by atoms with Crippen LogP contribution < -0.4 is 20.7 Å². The third-order valence-corrected chi connectivity index (χ3v) is 5.92. The van der Waals surface area contributed by atoms with Crippen molar-refractivity contribution in [1.29, 1.82) is 0 Å². The van der Waals surface area contributed by atoms with Crippen LogP contribution in [0.25, 0.3) is 5.65 Å². The van der Waals surface area contributed by atoms with Gasteiger partial charge in [-0.05, 0) is 41.8 Å². The summed E-state index contributed by atoms with van der Waals surface area (Å²) in [6.45, 7) is 0.190. The molecule has 3 amide bonds. The number of carboxylic acid groups (broad SMARTS) is 1. The molecule has 4 N–H and O–H groups in total. The summed E-state index contributed by atoms with van der Waals surface area (Å²) in [5, 5.41) is 20.9. The molecule has 1 aliphatic rings. The highest BCUT2D eigenvalue weighted by Crippen LogP contribution is 2.28. The molecule has 4 aromatic rings. The van der Waals surface area contributed by atoms with Crippen LogP contribution in [0.3, 0.4) is 0 Å². The van der Waals surface area contributed by atoms with Crippen molar-refractivity contribution >= 4 is 35.0 Å². The molecule has 0 unspecified atom stereocenters. The van der Waals surface area contributed by atoms with Gasteiger partial charge in [0.2, 0.25) is 0 Å². The lowest BCUT2D eigenvalue weighted by atomic mass is 10.1. The van der Waals surface area contributed by atoms with Crippen LogP contribution in [0.15, 0.2) is 54.7 Å². The van der Waals surface area contributed by atoms with Gasteiger partial charge in [0.1, 0.15) is 17.1 Å². The van der Waals surface area contributed by atoms with Crippen molar-refractivity contribution in [2.45, 2.75) is 13.0 Å². The maximum absolute atomic E-state index is 14.3. The van der Waals surface area contributed by atoms with Crippen LogP contribution in [-0.4, -0.2) is 56.5 Å². The number of hydrogen-bond acceptors (Lipinski definition) is 7. The molecule has 2 aromatic heterocycles. The Morgan fingerprint density at radius 1 is 1.05 bits per heavy atom. The molecular formula is C26H21FN6O6. The molecule has 0 radical (unpaired) electrons. The molecule has 0 fully saturated rings. The lowest BCUT2D eigenvalue weighted by molar-refractivity contribution is -0.118. The van der Waals surface area contributed by atoms with E-state index in [4.69, 9.17) is 9.84 Å². The van der Waals surface area contributed by atoms with Gasteiger partial charge in [-0.3, -0.25) is 14.4 Å². The zero-order valence-corrected chi connectivity index (χ0v) is 20.2. The van der Waals surface area contributed by atoms with Gasteiger partial charge in [0.15, 0.2) is 18.1 Å². The Labute approximate surface area is 219 Å². The second-order valence-electron chi connectivity index (χ2n) is 8.61. The lowest BCUT2D eigenvalue weighted by Gasteiger charge is -2.18. The molecule has 5 rings (SSSR count). The molecule has 12 nitrogen and oxygen atoms in total. The van der Waals surface area contributed by atoms with Crippen LogP contribution in [0.5, 0.6) is 5.75 Å². The first-order valence-corrected chi connectivity index (χ1v) is 11.8. The standard InChI is InChI=1S/C26H21FN6O6/c27-17-12-30-33-20(25(36)28-8-7-14-1-4-16(5-2-14)26(37)38)10-19(32-23(17)33)24(35)29-11-15-3-6-21-18(9-15)31-22(34)13-39-21/h1-6,9-10,12H,7-8,11,13H2,(H,28,36)(H,29,35)(H,31,34)(H,37,38). The molecule has 39 heavy (non-hydrogen) atoms. The minimum Gasteiger partial charge on any atom is -0.482 e. The van der Waals surface area contributed by atoms with Gasteiger partial charge in [-0.1, -0.05) is 18.2 Å². The van der Waals surface area contributed by atoms with Crippen LogP contribution >= 0.6 is 0 Å². The molecular weight excluding hydrogens is 511 g/mol. The third kappa shape index (κ3) is 5.51. The molecule has 0 saturated carbocycles. The average molecular weight is 532 g/mol. The van der Waals surface area contributed by atoms with E-state index in [1.165, 1.54) is 18.2 Å². The van der Waals surface area contributed by atoms with Gasteiger partial charge in [-0.2, -0.15) is 5.10 Å². The number of rotatable bonds is 8. The van der Waals surface area contributed by atoms with Gasteiger partial charge in [-0.25, -0.2) is 18.7 Å².